The van der Waals surface area contributed by atoms with Crippen molar-refractivity contribution >= 4 is 16.6 Å². The summed E-state index contributed by atoms with van der Waals surface area (Å²) >= 11 is 0. The quantitative estimate of drug-likeness (QED) is 0.696. The van der Waals surface area contributed by atoms with Gasteiger partial charge >= 0.3 is 0 Å². The van der Waals surface area contributed by atoms with Gasteiger partial charge in [0.25, 0.3) is 0 Å². The van der Waals surface area contributed by atoms with E-state index in [9.17, 15) is 4.39 Å². The van der Waals surface area contributed by atoms with Crippen molar-refractivity contribution in [3.05, 3.63) is 59.5 Å². The lowest BCUT2D eigenvalue weighted by Gasteiger charge is -2.34. The number of benzene rings is 2. The third-order valence-electron chi connectivity index (χ3n) is 5.32. The van der Waals surface area contributed by atoms with Crippen LogP contribution < -0.4 is 4.90 Å². The Labute approximate surface area is 148 Å². The summed E-state index contributed by atoms with van der Waals surface area (Å²) in [6.07, 6.45) is 1.98. The van der Waals surface area contributed by atoms with Crippen LogP contribution in [-0.2, 0) is 0 Å². The molecule has 0 unspecified atom stereocenters. The predicted octanol–water partition coefficient (Wildman–Crippen LogP) is 4.14. The number of aromatic nitrogens is 1. The van der Waals surface area contributed by atoms with Crippen LogP contribution in [0.3, 0.4) is 0 Å². The van der Waals surface area contributed by atoms with Gasteiger partial charge in [-0.2, -0.15) is 0 Å². The molecule has 4 heteroatoms. The Hall–Kier alpha value is -2.33. The molecule has 1 saturated heterocycles. The van der Waals surface area contributed by atoms with Crippen LogP contribution in [0.25, 0.3) is 16.6 Å². The molecule has 2 heterocycles. The summed E-state index contributed by atoms with van der Waals surface area (Å²) in [7, 11) is 2.17. The number of likely N-dealkylation sites (N-methyl/N-ethyl adjacent to an activating group) is 1. The monoisotopic (exact) mass is 337 g/mol. The Morgan fingerprint density at radius 3 is 2.36 bits per heavy atom. The van der Waals surface area contributed by atoms with Crippen molar-refractivity contribution in [1.82, 2.24) is 9.47 Å². The zero-order chi connectivity index (χ0) is 17.6. The summed E-state index contributed by atoms with van der Waals surface area (Å²) in [4.78, 5) is 4.79. The lowest BCUT2D eigenvalue weighted by molar-refractivity contribution is 0.313. The first-order valence-electron chi connectivity index (χ1n) is 8.85. The van der Waals surface area contributed by atoms with E-state index in [-0.39, 0.29) is 5.82 Å². The molecule has 0 saturated carbocycles. The van der Waals surface area contributed by atoms with E-state index >= 15 is 0 Å². The Morgan fingerprint density at radius 2 is 1.60 bits per heavy atom. The molecular weight excluding hydrogens is 313 g/mol. The molecule has 3 aromatic rings. The minimum absolute atomic E-state index is 0.160. The summed E-state index contributed by atoms with van der Waals surface area (Å²) in [6.45, 7) is 8.40. The maximum Gasteiger partial charge on any atom is 0.132 e. The van der Waals surface area contributed by atoms with Gasteiger partial charge in [0.1, 0.15) is 5.82 Å². The predicted molar refractivity (Wildman–Crippen MR) is 102 cm³/mol. The van der Waals surface area contributed by atoms with Crippen molar-refractivity contribution in [2.45, 2.75) is 13.8 Å². The summed E-state index contributed by atoms with van der Waals surface area (Å²) in [6, 6.07) is 11.9. The SMILES string of the molecule is Cc1ccc(N2CCN(C)CC2)cc1-n1ccc2c(F)ccc(C)c21. The summed E-state index contributed by atoms with van der Waals surface area (Å²) in [5, 5.41) is 0.685. The van der Waals surface area contributed by atoms with Gasteiger partial charge in [0, 0.05) is 43.4 Å². The fourth-order valence-corrected chi connectivity index (χ4v) is 3.71. The second-order valence-corrected chi connectivity index (χ2v) is 7.07. The van der Waals surface area contributed by atoms with Crippen LogP contribution >= 0.6 is 0 Å². The minimum Gasteiger partial charge on any atom is -0.369 e. The van der Waals surface area contributed by atoms with Gasteiger partial charge in [-0.25, -0.2) is 4.39 Å². The Morgan fingerprint density at radius 1 is 0.880 bits per heavy atom. The van der Waals surface area contributed by atoms with Gasteiger partial charge in [-0.05, 0) is 56.3 Å². The van der Waals surface area contributed by atoms with Gasteiger partial charge in [-0.15, -0.1) is 0 Å². The number of fused-ring (bicyclic) bond motifs is 1. The molecule has 0 atom stereocenters. The number of halogens is 1. The van der Waals surface area contributed by atoms with E-state index in [4.69, 9.17) is 0 Å². The maximum atomic E-state index is 14.2. The Kier molecular flexibility index (Phi) is 4.00. The summed E-state index contributed by atoms with van der Waals surface area (Å²) < 4.78 is 16.3. The van der Waals surface area contributed by atoms with Crippen molar-refractivity contribution in [2.75, 3.05) is 38.1 Å². The van der Waals surface area contributed by atoms with E-state index in [0.29, 0.717) is 5.39 Å². The zero-order valence-corrected chi connectivity index (χ0v) is 15.1. The molecule has 4 rings (SSSR count). The third kappa shape index (κ3) is 2.81. The molecule has 0 aliphatic carbocycles. The fourth-order valence-electron chi connectivity index (χ4n) is 3.71. The van der Waals surface area contributed by atoms with Crippen molar-refractivity contribution in [1.29, 1.82) is 0 Å². The summed E-state index contributed by atoms with van der Waals surface area (Å²) in [5.41, 5.74) is 5.60. The maximum absolute atomic E-state index is 14.2. The first-order chi connectivity index (χ1) is 12.0. The number of hydrogen-bond donors (Lipinski definition) is 0. The van der Waals surface area contributed by atoms with Crippen LogP contribution in [0.5, 0.6) is 0 Å². The number of aryl methyl sites for hydroxylation is 2. The number of hydrogen-bond acceptors (Lipinski definition) is 2. The molecule has 25 heavy (non-hydrogen) atoms. The van der Waals surface area contributed by atoms with Crippen LogP contribution in [0.2, 0.25) is 0 Å². The Balaban J connectivity index is 1.81. The lowest BCUT2D eigenvalue weighted by atomic mass is 10.1. The first-order valence-corrected chi connectivity index (χ1v) is 8.85. The van der Waals surface area contributed by atoms with Gasteiger partial charge in [0.15, 0.2) is 0 Å². The second kappa shape index (κ2) is 6.19. The van der Waals surface area contributed by atoms with E-state index in [1.54, 1.807) is 6.07 Å². The van der Waals surface area contributed by atoms with Gasteiger partial charge in [0.05, 0.1) is 11.2 Å². The van der Waals surface area contributed by atoms with E-state index < -0.39 is 0 Å². The molecule has 1 aliphatic heterocycles. The van der Waals surface area contributed by atoms with Crippen molar-refractivity contribution in [3.8, 4) is 5.69 Å². The second-order valence-electron chi connectivity index (χ2n) is 7.07. The molecule has 0 bridgehead atoms. The van der Waals surface area contributed by atoms with Crippen molar-refractivity contribution < 1.29 is 4.39 Å². The molecule has 3 nitrogen and oxygen atoms in total. The highest BCUT2D eigenvalue weighted by Gasteiger charge is 2.17. The topological polar surface area (TPSA) is 11.4 Å². The van der Waals surface area contributed by atoms with Crippen LogP contribution in [-0.4, -0.2) is 42.7 Å². The molecule has 0 amide bonds. The van der Waals surface area contributed by atoms with Crippen LogP contribution in [0.15, 0.2) is 42.6 Å². The highest BCUT2D eigenvalue weighted by atomic mass is 19.1. The number of rotatable bonds is 2. The van der Waals surface area contributed by atoms with E-state index in [1.165, 1.54) is 11.3 Å². The van der Waals surface area contributed by atoms with Crippen LogP contribution in [0.4, 0.5) is 10.1 Å². The highest BCUT2D eigenvalue weighted by Crippen LogP contribution is 2.30. The average Bonchev–Trinajstić information content (AvgIpc) is 3.06. The number of piperazine rings is 1. The smallest absolute Gasteiger partial charge is 0.132 e. The normalized spacial score (nSPS) is 15.9. The minimum atomic E-state index is -0.160. The van der Waals surface area contributed by atoms with Gasteiger partial charge in [-0.3, -0.25) is 0 Å². The van der Waals surface area contributed by atoms with E-state index in [0.717, 1.165) is 42.9 Å². The lowest BCUT2D eigenvalue weighted by Crippen LogP contribution is -2.44. The Bertz CT molecular complexity index is 920. The largest absolute Gasteiger partial charge is 0.369 e. The standard InChI is InChI=1S/C21H24FN3/c1-15-4-6-17(24-12-10-23(3)11-13-24)14-20(15)25-9-8-18-19(22)7-5-16(2)21(18)25/h4-9,14H,10-13H2,1-3H3. The summed E-state index contributed by atoms with van der Waals surface area (Å²) in [5.74, 6) is -0.160. The van der Waals surface area contributed by atoms with Gasteiger partial charge in [-0.1, -0.05) is 12.1 Å². The molecule has 1 aromatic heterocycles. The first kappa shape index (κ1) is 16.2. The number of nitrogens with zero attached hydrogens (tertiary/aromatic N) is 3. The third-order valence-corrected chi connectivity index (χ3v) is 5.32. The molecular formula is C21H24FN3. The molecule has 1 aliphatic rings. The van der Waals surface area contributed by atoms with Crippen molar-refractivity contribution in [2.24, 2.45) is 0 Å². The highest BCUT2D eigenvalue weighted by molar-refractivity contribution is 5.86. The van der Waals surface area contributed by atoms with E-state index in [1.807, 2.05) is 25.3 Å². The van der Waals surface area contributed by atoms with Crippen LogP contribution in [0, 0.1) is 19.7 Å². The van der Waals surface area contributed by atoms with Gasteiger partial charge in [0.2, 0.25) is 0 Å². The molecule has 0 spiro atoms. The molecule has 2 aromatic carbocycles. The van der Waals surface area contributed by atoms with E-state index in [2.05, 4.69) is 46.5 Å². The zero-order valence-electron chi connectivity index (χ0n) is 15.1. The van der Waals surface area contributed by atoms with Crippen LogP contribution in [0.1, 0.15) is 11.1 Å². The molecule has 130 valence electrons. The number of anilines is 1. The molecule has 1 fully saturated rings. The molecule has 0 N–H and O–H groups in total. The van der Waals surface area contributed by atoms with Gasteiger partial charge < -0.3 is 14.4 Å². The average molecular weight is 337 g/mol. The van der Waals surface area contributed by atoms with Crippen molar-refractivity contribution in [3.63, 3.8) is 0 Å². The molecule has 0 radical (unpaired) electrons. The fraction of sp³-hybridized carbons (Fsp3) is 0.333.